The number of rotatable bonds is 2. The first-order chi connectivity index (χ1) is 8.66. The van der Waals surface area contributed by atoms with Crippen molar-refractivity contribution < 1.29 is 9.59 Å². The largest absolute Gasteiger partial charge is 0.340 e. The number of piperazine rings is 1. The van der Waals surface area contributed by atoms with Crippen LogP contribution in [0.2, 0.25) is 0 Å². The fourth-order valence-corrected chi connectivity index (χ4v) is 2.08. The molecule has 0 radical (unpaired) electrons. The van der Waals surface area contributed by atoms with Gasteiger partial charge in [-0.05, 0) is 27.7 Å². The van der Waals surface area contributed by atoms with Crippen LogP contribution < -0.4 is 5.32 Å². The molecule has 1 aromatic rings. The molecule has 7 nitrogen and oxygen atoms in total. The normalized spacial score (nSPS) is 21.4. The summed E-state index contributed by atoms with van der Waals surface area (Å²) in [6.45, 7) is 7.12. The first-order valence-corrected chi connectivity index (χ1v) is 6.14. The highest BCUT2D eigenvalue weighted by atomic mass is 16.2. The van der Waals surface area contributed by atoms with E-state index in [1.807, 2.05) is 0 Å². The fraction of sp³-hybridized carbons (Fsp3) is 0.667. The van der Waals surface area contributed by atoms with E-state index in [9.17, 15) is 9.59 Å². The second-order valence-electron chi connectivity index (χ2n) is 5.83. The third-order valence-electron chi connectivity index (χ3n) is 3.54. The number of nitrogens with one attached hydrogen (secondary N) is 1. The molecule has 2 rings (SSSR count). The molecule has 0 unspecified atom stereocenters. The predicted molar refractivity (Wildman–Crippen MR) is 67.9 cm³/mol. The Labute approximate surface area is 112 Å². The van der Waals surface area contributed by atoms with Crippen LogP contribution in [0.1, 0.15) is 33.5 Å². The number of aromatic nitrogens is 3. The van der Waals surface area contributed by atoms with Crippen molar-refractivity contribution in [2.75, 3.05) is 0 Å². The fourth-order valence-electron chi connectivity index (χ4n) is 2.08. The average molecular weight is 265 g/mol. The molecule has 1 aromatic heterocycles. The quantitative estimate of drug-likeness (QED) is 0.805. The zero-order valence-corrected chi connectivity index (χ0v) is 11.9. The van der Waals surface area contributed by atoms with Crippen molar-refractivity contribution in [2.45, 2.75) is 45.3 Å². The van der Waals surface area contributed by atoms with E-state index in [2.05, 4.69) is 15.4 Å². The van der Waals surface area contributed by atoms with Gasteiger partial charge in [0.05, 0.1) is 6.54 Å². The van der Waals surface area contributed by atoms with E-state index < -0.39 is 11.1 Å². The molecule has 2 amide bonds. The van der Waals surface area contributed by atoms with Crippen molar-refractivity contribution in [3.8, 4) is 0 Å². The maximum absolute atomic E-state index is 12.5. The molecular weight excluding hydrogens is 246 g/mol. The Kier molecular flexibility index (Phi) is 2.87. The molecule has 0 spiro atoms. The molecule has 0 bridgehead atoms. The van der Waals surface area contributed by atoms with Crippen molar-refractivity contribution in [1.82, 2.24) is 25.0 Å². The van der Waals surface area contributed by atoms with E-state index in [1.54, 1.807) is 44.3 Å². The third kappa shape index (κ3) is 2.09. The van der Waals surface area contributed by atoms with E-state index in [0.29, 0.717) is 5.82 Å². The summed E-state index contributed by atoms with van der Waals surface area (Å²) in [5.74, 6) is 0.353. The zero-order valence-electron chi connectivity index (χ0n) is 11.9. The molecule has 0 aliphatic carbocycles. The monoisotopic (exact) mass is 265 g/mol. The Hall–Kier alpha value is -1.92. The smallest absolute Gasteiger partial charge is 0.249 e. The van der Waals surface area contributed by atoms with Gasteiger partial charge in [0.25, 0.3) is 0 Å². The molecule has 1 N–H and O–H groups in total. The van der Waals surface area contributed by atoms with Crippen LogP contribution in [0, 0.1) is 0 Å². The van der Waals surface area contributed by atoms with E-state index in [4.69, 9.17) is 0 Å². The molecule has 1 saturated heterocycles. The maximum Gasteiger partial charge on any atom is 0.249 e. The number of carbonyl (C=O) groups is 2. The van der Waals surface area contributed by atoms with Crippen molar-refractivity contribution >= 4 is 11.8 Å². The van der Waals surface area contributed by atoms with Crippen molar-refractivity contribution in [1.29, 1.82) is 0 Å². The van der Waals surface area contributed by atoms with Gasteiger partial charge in [0, 0.05) is 7.05 Å². The van der Waals surface area contributed by atoms with Gasteiger partial charge in [0.1, 0.15) is 23.2 Å². The maximum atomic E-state index is 12.5. The van der Waals surface area contributed by atoms with Crippen LogP contribution >= 0.6 is 0 Å². The van der Waals surface area contributed by atoms with E-state index >= 15 is 0 Å². The summed E-state index contributed by atoms with van der Waals surface area (Å²) in [7, 11) is 1.76. The number of hydrogen-bond acceptors (Lipinski definition) is 4. The number of carbonyl (C=O) groups excluding carboxylic acids is 2. The van der Waals surface area contributed by atoms with Crippen LogP contribution in [0.15, 0.2) is 6.33 Å². The van der Waals surface area contributed by atoms with Gasteiger partial charge in [-0.2, -0.15) is 5.10 Å². The average Bonchev–Trinajstić information content (AvgIpc) is 2.68. The SMILES string of the molecule is Cn1ncnc1CN1C(=O)C(C)(C)NC(=O)C1(C)C. The lowest BCUT2D eigenvalue weighted by atomic mass is 9.89. The molecule has 1 aliphatic heterocycles. The highest BCUT2D eigenvalue weighted by Gasteiger charge is 2.50. The minimum atomic E-state index is -0.904. The van der Waals surface area contributed by atoms with Gasteiger partial charge in [-0.1, -0.05) is 0 Å². The number of nitrogens with zero attached hydrogens (tertiary/aromatic N) is 4. The highest BCUT2D eigenvalue weighted by Crippen LogP contribution is 2.27. The Morgan fingerprint density at radius 1 is 1.26 bits per heavy atom. The molecular formula is C12H19N5O2. The lowest BCUT2D eigenvalue weighted by Gasteiger charge is -2.47. The van der Waals surface area contributed by atoms with E-state index in [-0.39, 0.29) is 18.4 Å². The Morgan fingerprint density at radius 3 is 2.42 bits per heavy atom. The molecule has 104 valence electrons. The molecule has 7 heteroatoms. The number of aryl methyl sites for hydroxylation is 1. The van der Waals surface area contributed by atoms with Crippen molar-refractivity contribution in [3.05, 3.63) is 12.2 Å². The third-order valence-corrected chi connectivity index (χ3v) is 3.54. The van der Waals surface area contributed by atoms with Crippen LogP contribution in [-0.4, -0.2) is 42.6 Å². The van der Waals surface area contributed by atoms with Crippen LogP contribution in [0.5, 0.6) is 0 Å². The Bertz CT molecular complexity index is 532. The highest BCUT2D eigenvalue weighted by molar-refractivity contribution is 6.01. The molecule has 0 atom stereocenters. The summed E-state index contributed by atoms with van der Waals surface area (Å²) in [5, 5.41) is 6.72. The van der Waals surface area contributed by atoms with Crippen molar-refractivity contribution in [2.24, 2.45) is 7.05 Å². The minimum Gasteiger partial charge on any atom is -0.340 e. The molecule has 0 aromatic carbocycles. The van der Waals surface area contributed by atoms with Crippen molar-refractivity contribution in [3.63, 3.8) is 0 Å². The Morgan fingerprint density at radius 2 is 1.89 bits per heavy atom. The minimum absolute atomic E-state index is 0.125. The van der Waals surface area contributed by atoms with Gasteiger partial charge in [0.15, 0.2) is 0 Å². The first kappa shape index (κ1) is 13.5. The topological polar surface area (TPSA) is 80.1 Å². The second kappa shape index (κ2) is 4.04. The summed E-state index contributed by atoms with van der Waals surface area (Å²) >= 11 is 0. The van der Waals surface area contributed by atoms with E-state index in [0.717, 1.165) is 0 Å². The van der Waals surface area contributed by atoms with Crippen LogP contribution in [-0.2, 0) is 23.2 Å². The zero-order chi connectivity index (χ0) is 14.4. The standard InChI is InChI=1S/C12H19N5O2/c1-11(2)10(19)17(12(3,4)9(18)15-11)6-8-13-7-14-16(8)5/h7H,6H2,1-5H3,(H,15,18). The van der Waals surface area contributed by atoms with Crippen LogP contribution in [0.4, 0.5) is 0 Å². The van der Waals surface area contributed by atoms with Gasteiger partial charge in [0.2, 0.25) is 11.8 Å². The summed E-state index contributed by atoms with van der Waals surface area (Å²) in [6.07, 6.45) is 1.43. The molecule has 1 fully saturated rings. The predicted octanol–water partition coefficient (Wildman–Crippen LogP) is -0.169. The Balaban J connectivity index is 2.37. The molecule has 0 saturated carbocycles. The lowest BCUT2D eigenvalue weighted by Crippen LogP contribution is -2.72. The summed E-state index contributed by atoms with van der Waals surface area (Å²) in [5.41, 5.74) is -1.80. The van der Waals surface area contributed by atoms with Crippen LogP contribution in [0.3, 0.4) is 0 Å². The van der Waals surface area contributed by atoms with Gasteiger partial charge in [-0.15, -0.1) is 0 Å². The number of hydrogen-bond donors (Lipinski definition) is 1. The summed E-state index contributed by atoms with van der Waals surface area (Å²) in [6, 6.07) is 0. The van der Waals surface area contributed by atoms with Crippen LogP contribution in [0.25, 0.3) is 0 Å². The lowest BCUT2D eigenvalue weighted by molar-refractivity contribution is -0.160. The molecule has 1 aliphatic rings. The van der Waals surface area contributed by atoms with Gasteiger partial charge in [-0.3, -0.25) is 14.3 Å². The van der Waals surface area contributed by atoms with E-state index in [1.165, 1.54) is 6.33 Å². The number of amides is 2. The van der Waals surface area contributed by atoms with Gasteiger partial charge in [-0.25, -0.2) is 4.98 Å². The summed E-state index contributed by atoms with van der Waals surface area (Å²) in [4.78, 5) is 30.3. The summed E-state index contributed by atoms with van der Waals surface area (Å²) < 4.78 is 1.60. The van der Waals surface area contributed by atoms with Gasteiger partial charge >= 0.3 is 0 Å². The van der Waals surface area contributed by atoms with Gasteiger partial charge < -0.3 is 10.2 Å². The first-order valence-electron chi connectivity index (χ1n) is 6.14. The molecule has 2 heterocycles. The molecule has 19 heavy (non-hydrogen) atoms. The second-order valence-corrected chi connectivity index (χ2v) is 5.83.